The highest BCUT2D eigenvalue weighted by Gasteiger charge is 2.27. The maximum atomic E-state index is 13.3. The number of allylic oxidation sites excluding steroid dienone is 4. The number of aromatic nitrogens is 2. The van der Waals surface area contributed by atoms with Crippen LogP contribution >= 0.6 is 12.2 Å². The number of thiocarbonyl (C=S) groups is 1. The molecule has 34 heavy (non-hydrogen) atoms. The number of hydrogen-bond acceptors (Lipinski definition) is 7. The molecule has 0 aliphatic heterocycles. The van der Waals surface area contributed by atoms with E-state index in [1.165, 1.54) is 7.11 Å². The fraction of sp³-hybridized carbons (Fsp3) is 0.250. The van der Waals surface area contributed by atoms with E-state index in [0.29, 0.717) is 46.0 Å². The molecule has 0 bridgehead atoms. The lowest BCUT2D eigenvalue weighted by atomic mass is 10.1. The van der Waals surface area contributed by atoms with E-state index in [-0.39, 0.29) is 10.7 Å². The van der Waals surface area contributed by atoms with Gasteiger partial charge in [0.05, 0.1) is 38.8 Å². The molecule has 178 valence electrons. The van der Waals surface area contributed by atoms with Crippen LogP contribution in [0.2, 0.25) is 0 Å². The van der Waals surface area contributed by atoms with Crippen LogP contribution in [0.15, 0.2) is 59.0 Å². The highest BCUT2D eigenvalue weighted by molar-refractivity contribution is 7.99. The number of benzene rings is 2. The zero-order chi connectivity index (χ0) is 24.5. The average molecular weight is 500 g/mol. The molecule has 0 radical (unpaired) electrons. The van der Waals surface area contributed by atoms with Crippen LogP contribution in [0.25, 0.3) is 10.9 Å². The Balaban J connectivity index is 1.78. The molecular formula is C24H25N3O5S2. The summed E-state index contributed by atoms with van der Waals surface area (Å²) < 4.78 is 47.1. The van der Waals surface area contributed by atoms with Crippen LogP contribution in [0, 0.1) is 0 Å². The van der Waals surface area contributed by atoms with Crippen molar-refractivity contribution in [3.63, 3.8) is 0 Å². The SMILES string of the molecule is COc1ccc(Cn2nc(NS(=O)(=O)C3=CC(C)=CCC3=S)c3c(OC)cccc32)cc1OC. The van der Waals surface area contributed by atoms with Crippen molar-refractivity contribution in [1.29, 1.82) is 0 Å². The fourth-order valence-electron chi connectivity index (χ4n) is 3.82. The smallest absolute Gasteiger partial charge is 0.264 e. The number of nitrogens with zero attached hydrogens (tertiary/aromatic N) is 2. The van der Waals surface area contributed by atoms with Gasteiger partial charge in [0.15, 0.2) is 17.3 Å². The normalized spacial score (nSPS) is 13.9. The van der Waals surface area contributed by atoms with Crippen LogP contribution in [-0.4, -0.2) is 44.4 Å². The monoisotopic (exact) mass is 499 g/mol. The predicted octanol–water partition coefficient (Wildman–Crippen LogP) is 4.46. The van der Waals surface area contributed by atoms with Crippen LogP contribution in [0.1, 0.15) is 18.9 Å². The van der Waals surface area contributed by atoms with E-state index in [0.717, 1.165) is 11.1 Å². The number of sulfonamides is 1. The van der Waals surface area contributed by atoms with Gasteiger partial charge in [-0.3, -0.25) is 9.40 Å². The molecular weight excluding hydrogens is 474 g/mol. The maximum absolute atomic E-state index is 13.3. The molecule has 0 atom stereocenters. The summed E-state index contributed by atoms with van der Waals surface area (Å²) in [4.78, 5) is 0.444. The molecule has 1 aliphatic carbocycles. The minimum atomic E-state index is -3.95. The number of anilines is 1. The molecule has 1 aliphatic rings. The van der Waals surface area contributed by atoms with Gasteiger partial charge >= 0.3 is 0 Å². The Morgan fingerprint density at radius 1 is 1.06 bits per heavy atom. The fourth-order valence-corrected chi connectivity index (χ4v) is 5.52. The molecule has 8 nitrogen and oxygen atoms in total. The van der Waals surface area contributed by atoms with Gasteiger partial charge in [0.2, 0.25) is 0 Å². The number of ether oxygens (including phenoxy) is 3. The number of rotatable bonds is 8. The summed E-state index contributed by atoms with van der Waals surface area (Å²) in [5, 5.41) is 5.16. The standard InChI is InChI=1S/C24H25N3O5S2/c1-15-8-11-21(33)22(12-15)34(28,29)26-24-23-17(6-5-7-19(23)31-3)27(25-24)14-16-9-10-18(30-2)20(13-16)32-4/h5-10,12-13H,11,14H2,1-4H3,(H,25,26). The molecule has 0 fully saturated rings. The Morgan fingerprint density at radius 3 is 2.50 bits per heavy atom. The summed E-state index contributed by atoms with van der Waals surface area (Å²) in [5.41, 5.74) is 2.45. The second-order valence-corrected chi connectivity index (χ2v) is 9.88. The lowest BCUT2D eigenvalue weighted by Crippen LogP contribution is -2.21. The van der Waals surface area contributed by atoms with Gasteiger partial charge in [0.25, 0.3) is 10.0 Å². The van der Waals surface area contributed by atoms with Crippen molar-refractivity contribution < 1.29 is 22.6 Å². The summed E-state index contributed by atoms with van der Waals surface area (Å²) in [6, 6.07) is 11.0. The maximum Gasteiger partial charge on any atom is 0.264 e. The Hall–Kier alpha value is -3.37. The highest BCUT2D eigenvalue weighted by atomic mass is 32.2. The second-order valence-electron chi connectivity index (χ2n) is 7.74. The van der Waals surface area contributed by atoms with Gasteiger partial charge in [-0.05, 0) is 42.8 Å². The minimum absolute atomic E-state index is 0.0833. The molecule has 0 amide bonds. The Bertz CT molecular complexity index is 1440. The molecule has 0 spiro atoms. The van der Waals surface area contributed by atoms with Crippen molar-refractivity contribution in [2.45, 2.75) is 19.9 Å². The first kappa shape index (κ1) is 23.8. The van der Waals surface area contributed by atoms with Gasteiger partial charge in [-0.15, -0.1) is 0 Å². The molecule has 0 unspecified atom stereocenters. The van der Waals surface area contributed by atoms with Crippen molar-refractivity contribution in [2.24, 2.45) is 0 Å². The first-order valence-electron chi connectivity index (χ1n) is 10.5. The van der Waals surface area contributed by atoms with Gasteiger partial charge in [0.1, 0.15) is 10.7 Å². The van der Waals surface area contributed by atoms with Crippen LogP contribution in [0.4, 0.5) is 5.82 Å². The summed E-state index contributed by atoms with van der Waals surface area (Å²) >= 11 is 5.32. The summed E-state index contributed by atoms with van der Waals surface area (Å²) in [6.45, 7) is 2.21. The lowest BCUT2D eigenvalue weighted by Gasteiger charge is -2.14. The van der Waals surface area contributed by atoms with Crippen LogP contribution < -0.4 is 18.9 Å². The van der Waals surface area contributed by atoms with Crippen molar-refractivity contribution >= 4 is 43.8 Å². The Labute approximate surface area is 203 Å². The number of fused-ring (bicyclic) bond motifs is 1. The molecule has 2 aromatic carbocycles. The summed E-state index contributed by atoms with van der Waals surface area (Å²) in [6.07, 6.45) is 3.89. The van der Waals surface area contributed by atoms with Crippen molar-refractivity contribution in [3.05, 3.63) is 64.6 Å². The minimum Gasteiger partial charge on any atom is -0.496 e. The van der Waals surface area contributed by atoms with Gasteiger partial charge in [0, 0.05) is 11.3 Å². The van der Waals surface area contributed by atoms with Crippen molar-refractivity contribution in [2.75, 3.05) is 26.1 Å². The topological polar surface area (TPSA) is 91.7 Å². The van der Waals surface area contributed by atoms with E-state index in [9.17, 15) is 8.42 Å². The second kappa shape index (κ2) is 9.47. The van der Waals surface area contributed by atoms with Gasteiger partial charge < -0.3 is 14.2 Å². The van der Waals surface area contributed by atoms with E-state index >= 15 is 0 Å². The Kier molecular flexibility index (Phi) is 6.63. The van der Waals surface area contributed by atoms with Gasteiger partial charge in [-0.25, -0.2) is 8.42 Å². The van der Waals surface area contributed by atoms with Crippen LogP contribution in [0.3, 0.4) is 0 Å². The summed E-state index contributed by atoms with van der Waals surface area (Å²) in [7, 11) is 0.731. The van der Waals surface area contributed by atoms with E-state index in [2.05, 4.69) is 9.82 Å². The third-order valence-electron chi connectivity index (χ3n) is 5.50. The quantitative estimate of drug-likeness (QED) is 0.458. The van der Waals surface area contributed by atoms with E-state index < -0.39 is 10.0 Å². The van der Waals surface area contributed by atoms with Crippen molar-refractivity contribution in [3.8, 4) is 17.2 Å². The lowest BCUT2D eigenvalue weighted by molar-refractivity contribution is 0.354. The van der Waals surface area contributed by atoms with E-state index in [4.69, 9.17) is 26.4 Å². The van der Waals surface area contributed by atoms with Crippen molar-refractivity contribution in [1.82, 2.24) is 9.78 Å². The molecule has 1 heterocycles. The third-order valence-corrected chi connectivity index (χ3v) is 7.42. The van der Waals surface area contributed by atoms with Gasteiger partial charge in [-0.1, -0.05) is 36.0 Å². The Morgan fingerprint density at radius 2 is 1.79 bits per heavy atom. The first-order valence-corrected chi connectivity index (χ1v) is 12.4. The highest BCUT2D eigenvalue weighted by Crippen LogP contribution is 2.35. The van der Waals surface area contributed by atoms with Crippen LogP contribution in [-0.2, 0) is 16.6 Å². The predicted molar refractivity (Wildman–Crippen MR) is 137 cm³/mol. The molecule has 1 aromatic heterocycles. The molecule has 0 saturated carbocycles. The molecule has 3 aromatic rings. The van der Waals surface area contributed by atoms with Crippen LogP contribution in [0.5, 0.6) is 17.2 Å². The molecule has 4 rings (SSSR count). The number of nitrogens with one attached hydrogen (secondary N) is 1. The zero-order valence-electron chi connectivity index (χ0n) is 19.3. The third kappa shape index (κ3) is 4.51. The van der Waals surface area contributed by atoms with E-state index in [1.807, 2.05) is 43.3 Å². The van der Waals surface area contributed by atoms with Gasteiger partial charge in [-0.2, -0.15) is 5.10 Å². The zero-order valence-corrected chi connectivity index (χ0v) is 20.9. The molecule has 10 heteroatoms. The molecule has 1 N–H and O–H groups in total. The first-order chi connectivity index (χ1) is 16.3. The summed E-state index contributed by atoms with van der Waals surface area (Å²) in [5.74, 6) is 1.89. The van der Waals surface area contributed by atoms with E-state index in [1.54, 1.807) is 31.0 Å². The average Bonchev–Trinajstić information content (AvgIpc) is 3.16. The largest absolute Gasteiger partial charge is 0.496 e. The number of hydrogen-bond donors (Lipinski definition) is 1. The number of methoxy groups -OCH3 is 3. The molecule has 0 saturated heterocycles.